The van der Waals surface area contributed by atoms with E-state index in [1.54, 1.807) is 6.08 Å². The van der Waals surface area contributed by atoms with Crippen molar-refractivity contribution in [3.8, 4) is 11.5 Å². The fraction of sp³-hybridized carbons (Fsp3) is 0.286. The number of halogens is 3. The van der Waals surface area contributed by atoms with E-state index >= 15 is 0 Å². The lowest BCUT2D eigenvalue weighted by atomic mass is 10.0. The lowest BCUT2D eigenvalue weighted by Crippen LogP contribution is -2.34. The van der Waals surface area contributed by atoms with Gasteiger partial charge in [0.2, 0.25) is 10.0 Å². The van der Waals surface area contributed by atoms with E-state index in [4.69, 9.17) is 0 Å². The topological polar surface area (TPSA) is 135 Å². The van der Waals surface area contributed by atoms with Gasteiger partial charge in [-0.1, -0.05) is 6.08 Å². The van der Waals surface area contributed by atoms with Gasteiger partial charge in [0.1, 0.15) is 18.0 Å². The summed E-state index contributed by atoms with van der Waals surface area (Å²) >= 11 is 0. The molecule has 35 heavy (non-hydrogen) atoms. The fourth-order valence-corrected chi connectivity index (χ4v) is 4.59. The number of ether oxygens (including phenoxy) is 2. The molecule has 0 aliphatic carbocycles. The number of hydrogen-bond acceptors (Lipinski definition) is 8. The minimum absolute atomic E-state index is 0.0272. The van der Waals surface area contributed by atoms with Gasteiger partial charge in [-0.2, -0.15) is 4.31 Å². The minimum Gasteiger partial charge on any atom is -0.505 e. The first-order chi connectivity index (χ1) is 16.4. The van der Waals surface area contributed by atoms with E-state index in [1.807, 2.05) is 0 Å². The zero-order valence-electron chi connectivity index (χ0n) is 18.2. The second-order valence-corrected chi connectivity index (χ2v) is 9.15. The number of benzene rings is 1. The molecular weight excluding hydrogens is 495 g/mol. The van der Waals surface area contributed by atoms with E-state index < -0.39 is 46.3 Å². The first kappa shape index (κ1) is 26.0. The number of nitrogens with zero attached hydrogens (tertiary/aromatic N) is 2. The summed E-state index contributed by atoms with van der Waals surface area (Å²) in [6.45, 7) is -0.358. The largest absolute Gasteiger partial charge is 0.573 e. The Morgan fingerprint density at radius 2 is 1.91 bits per heavy atom. The lowest BCUT2D eigenvalue weighted by molar-refractivity contribution is -0.274. The van der Waals surface area contributed by atoms with E-state index in [0.29, 0.717) is 11.1 Å². The molecule has 3 rings (SSSR count). The smallest absolute Gasteiger partial charge is 0.505 e. The molecule has 0 atom stereocenters. The summed E-state index contributed by atoms with van der Waals surface area (Å²) in [5.41, 5.74) is 0.851. The van der Waals surface area contributed by atoms with Crippen molar-refractivity contribution in [3.05, 3.63) is 53.9 Å². The van der Waals surface area contributed by atoms with Crippen molar-refractivity contribution in [2.24, 2.45) is 0 Å². The zero-order chi connectivity index (χ0) is 25.8. The summed E-state index contributed by atoms with van der Waals surface area (Å²) < 4.78 is 71.9. The molecule has 1 aliphatic heterocycles. The van der Waals surface area contributed by atoms with Crippen molar-refractivity contribution >= 4 is 27.5 Å². The summed E-state index contributed by atoms with van der Waals surface area (Å²) in [4.78, 5) is 26.9. The van der Waals surface area contributed by atoms with Gasteiger partial charge in [-0.05, 0) is 47.9 Å². The molecule has 2 N–H and O–H groups in total. The molecule has 0 fully saturated rings. The molecule has 0 saturated heterocycles. The number of rotatable bonds is 7. The Bertz CT molecular complexity index is 1250. The quantitative estimate of drug-likeness (QED) is 0.535. The molecule has 188 valence electrons. The number of amides is 1. The number of alkyl halides is 3. The maximum atomic E-state index is 12.8. The molecule has 0 saturated carbocycles. The second kappa shape index (κ2) is 10.3. The monoisotopic (exact) mass is 515 g/mol. The average Bonchev–Trinajstić information content (AvgIpc) is 2.81. The molecule has 1 aliphatic rings. The Balaban J connectivity index is 1.69. The Labute approximate surface area is 198 Å². The first-order valence-corrected chi connectivity index (χ1v) is 11.4. The standard InChI is InChI=1S/C21H20F3N3O7S/c1-33-18(29)12-26-20(30)19-17(28)10-14(11-25-19)13-6-8-27(9-7-13)35(31,32)16-4-2-15(3-5-16)34-21(22,23)24/h2-6,10-11,28H,7-9,12H2,1H3,(H,26,30). The van der Waals surface area contributed by atoms with Crippen LogP contribution in [0, 0.1) is 0 Å². The van der Waals surface area contributed by atoms with Crippen LogP contribution in [0.25, 0.3) is 5.57 Å². The van der Waals surface area contributed by atoms with Gasteiger partial charge < -0.3 is 19.9 Å². The van der Waals surface area contributed by atoms with E-state index in [0.717, 1.165) is 35.7 Å². The molecule has 1 amide bonds. The highest BCUT2D eigenvalue weighted by atomic mass is 32.2. The van der Waals surface area contributed by atoms with Crippen LogP contribution >= 0.6 is 0 Å². The number of nitrogens with one attached hydrogen (secondary N) is 1. The Hall–Kier alpha value is -3.65. The van der Waals surface area contributed by atoms with Gasteiger partial charge in [0, 0.05) is 19.3 Å². The van der Waals surface area contributed by atoms with Crippen molar-refractivity contribution in [2.45, 2.75) is 17.7 Å². The summed E-state index contributed by atoms with van der Waals surface area (Å²) in [7, 11) is -2.81. The molecule has 0 spiro atoms. The van der Waals surface area contributed by atoms with Crippen LogP contribution in [-0.2, 0) is 19.6 Å². The number of esters is 1. The van der Waals surface area contributed by atoms with Gasteiger partial charge in [-0.25, -0.2) is 13.4 Å². The number of methoxy groups -OCH3 is 1. The molecule has 10 nitrogen and oxygen atoms in total. The highest BCUT2D eigenvalue weighted by molar-refractivity contribution is 7.89. The number of hydrogen-bond donors (Lipinski definition) is 2. The van der Waals surface area contributed by atoms with Crippen molar-refractivity contribution < 1.29 is 45.8 Å². The number of carbonyl (C=O) groups excluding carboxylic acids is 2. The molecule has 0 unspecified atom stereocenters. The number of sulfonamides is 1. The van der Waals surface area contributed by atoms with Crippen LogP contribution < -0.4 is 10.1 Å². The van der Waals surface area contributed by atoms with Crippen LogP contribution in [0.2, 0.25) is 0 Å². The van der Waals surface area contributed by atoms with Gasteiger partial charge in [-0.3, -0.25) is 9.59 Å². The Morgan fingerprint density at radius 1 is 1.23 bits per heavy atom. The van der Waals surface area contributed by atoms with E-state index in [2.05, 4.69) is 19.8 Å². The maximum absolute atomic E-state index is 12.8. The van der Waals surface area contributed by atoms with Gasteiger partial charge in [0.05, 0.1) is 12.0 Å². The third-order valence-corrected chi connectivity index (χ3v) is 6.82. The van der Waals surface area contributed by atoms with Crippen molar-refractivity contribution in [3.63, 3.8) is 0 Å². The normalized spacial score (nSPS) is 14.7. The SMILES string of the molecule is COC(=O)CNC(=O)c1ncc(C2=CCN(S(=O)(=O)c3ccc(OC(F)(F)F)cc3)CC2)cc1O. The van der Waals surface area contributed by atoms with Gasteiger partial charge in [-0.15, -0.1) is 13.2 Å². The van der Waals surface area contributed by atoms with Crippen molar-refractivity contribution in [1.82, 2.24) is 14.6 Å². The lowest BCUT2D eigenvalue weighted by Gasteiger charge is -2.26. The molecule has 0 radical (unpaired) electrons. The van der Waals surface area contributed by atoms with Crippen LogP contribution in [0.5, 0.6) is 11.5 Å². The van der Waals surface area contributed by atoms with Crippen molar-refractivity contribution in [2.75, 3.05) is 26.7 Å². The molecule has 0 bridgehead atoms. The Morgan fingerprint density at radius 3 is 2.46 bits per heavy atom. The molecule has 2 heterocycles. The van der Waals surface area contributed by atoms with E-state index in [-0.39, 0.29) is 30.1 Å². The highest BCUT2D eigenvalue weighted by Crippen LogP contribution is 2.29. The first-order valence-electron chi connectivity index (χ1n) is 10.00. The number of pyridine rings is 1. The molecular formula is C21H20F3N3O7S. The van der Waals surface area contributed by atoms with Crippen LogP contribution in [0.15, 0.2) is 47.5 Å². The zero-order valence-corrected chi connectivity index (χ0v) is 19.0. The Kier molecular flexibility index (Phi) is 7.65. The fourth-order valence-electron chi connectivity index (χ4n) is 3.21. The number of aromatic hydroxyl groups is 1. The molecule has 2 aromatic rings. The summed E-state index contributed by atoms with van der Waals surface area (Å²) in [5.74, 6) is -2.41. The molecule has 14 heteroatoms. The third kappa shape index (κ3) is 6.48. The predicted octanol–water partition coefficient (Wildman–Crippen LogP) is 2.07. The predicted molar refractivity (Wildman–Crippen MR) is 115 cm³/mol. The van der Waals surface area contributed by atoms with Gasteiger partial charge in [0.15, 0.2) is 5.69 Å². The van der Waals surface area contributed by atoms with Gasteiger partial charge in [0.25, 0.3) is 5.91 Å². The highest BCUT2D eigenvalue weighted by Gasteiger charge is 2.32. The van der Waals surface area contributed by atoms with Crippen LogP contribution in [-0.4, -0.2) is 67.8 Å². The van der Waals surface area contributed by atoms with E-state index in [1.165, 1.54) is 12.3 Å². The van der Waals surface area contributed by atoms with E-state index in [9.17, 15) is 36.3 Å². The number of aromatic nitrogens is 1. The van der Waals surface area contributed by atoms with Crippen LogP contribution in [0.3, 0.4) is 0 Å². The summed E-state index contributed by atoms with van der Waals surface area (Å²) in [6.07, 6.45) is -1.69. The second-order valence-electron chi connectivity index (χ2n) is 7.21. The maximum Gasteiger partial charge on any atom is 0.573 e. The average molecular weight is 515 g/mol. The van der Waals surface area contributed by atoms with Crippen LogP contribution in [0.1, 0.15) is 22.5 Å². The minimum atomic E-state index is -4.89. The van der Waals surface area contributed by atoms with Crippen molar-refractivity contribution in [1.29, 1.82) is 0 Å². The number of carbonyl (C=O) groups is 2. The summed E-state index contributed by atoms with van der Waals surface area (Å²) in [5, 5.41) is 12.4. The molecule has 1 aromatic heterocycles. The summed E-state index contributed by atoms with van der Waals surface area (Å²) in [6, 6.07) is 5.20. The molecule has 1 aromatic carbocycles. The van der Waals surface area contributed by atoms with Gasteiger partial charge >= 0.3 is 12.3 Å². The van der Waals surface area contributed by atoms with Crippen LogP contribution in [0.4, 0.5) is 13.2 Å². The third-order valence-electron chi connectivity index (χ3n) is 4.94.